The molecule has 0 saturated carbocycles. The van der Waals surface area contributed by atoms with Gasteiger partial charge >= 0.3 is 6.18 Å². The summed E-state index contributed by atoms with van der Waals surface area (Å²) in [4.78, 5) is 39.1. The summed E-state index contributed by atoms with van der Waals surface area (Å²) in [7, 11) is 0. The number of carbonyl (C=O) groups is 2. The molecule has 8 nitrogen and oxygen atoms in total. The van der Waals surface area contributed by atoms with Gasteiger partial charge in [-0.2, -0.15) is 13.2 Å². The fourth-order valence-electron chi connectivity index (χ4n) is 3.66. The minimum atomic E-state index is -4.68. The molecule has 1 fully saturated rings. The lowest BCUT2D eigenvalue weighted by molar-refractivity contribution is -0.384. The van der Waals surface area contributed by atoms with Crippen molar-refractivity contribution in [2.75, 3.05) is 42.1 Å². The van der Waals surface area contributed by atoms with Crippen molar-refractivity contribution in [3.63, 3.8) is 0 Å². The van der Waals surface area contributed by atoms with Gasteiger partial charge in [0.2, 0.25) is 5.91 Å². The number of rotatable bonds is 3. The summed E-state index contributed by atoms with van der Waals surface area (Å²) in [5.41, 5.74) is -0.637. The van der Waals surface area contributed by atoms with Gasteiger partial charge < -0.3 is 15.1 Å². The van der Waals surface area contributed by atoms with Gasteiger partial charge in [-0.1, -0.05) is 0 Å². The molecular weight excluding hydrogens is 449 g/mol. The van der Waals surface area contributed by atoms with Crippen LogP contribution in [0.4, 0.5) is 30.2 Å². The van der Waals surface area contributed by atoms with Crippen LogP contribution in [0.25, 0.3) is 0 Å². The minimum Gasteiger partial charge on any atom is -0.362 e. The normalized spacial score (nSPS) is 16.4. The third kappa shape index (κ3) is 4.35. The van der Waals surface area contributed by atoms with Gasteiger partial charge in [0.15, 0.2) is 0 Å². The van der Waals surface area contributed by atoms with Crippen LogP contribution in [0.1, 0.15) is 15.9 Å². The molecule has 2 amide bonds. The van der Waals surface area contributed by atoms with Gasteiger partial charge in [0.1, 0.15) is 5.69 Å². The Kier molecular flexibility index (Phi) is 5.71. The first-order valence-electron chi connectivity index (χ1n) is 9.60. The minimum absolute atomic E-state index is 0.0867. The highest BCUT2D eigenvalue weighted by Crippen LogP contribution is 2.37. The van der Waals surface area contributed by atoms with Gasteiger partial charge in [-0.05, 0) is 30.3 Å². The molecule has 4 rings (SSSR count). The molecule has 0 unspecified atom stereocenters. The van der Waals surface area contributed by atoms with Crippen molar-refractivity contribution >= 4 is 40.6 Å². The molecular formula is C20H17F3N4O4S. The monoisotopic (exact) mass is 466 g/mol. The van der Waals surface area contributed by atoms with Crippen molar-refractivity contribution in [1.82, 2.24) is 4.90 Å². The maximum absolute atomic E-state index is 12.9. The van der Waals surface area contributed by atoms with Gasteiger partial charge in [-0.15, -0.1) is 11.8 Å². The van der Waals surface area contributed by atoms with E-state index >= 15 is 0 Å². The van der Waals surface area contributed by atoms with Crippen LogP contribution in [-0.2, 0) is 11.0 Å². The average molecular weight is 466 g/mol. The smallest absolute Gasteiger partial charge is 0.362 e. The number of nitro groups is 1. The van der Waals surface area contributed by atoms with Crippen LogP contribution < -0.4 is 10.2 Å². The Hall–Kier alpha value is -3.28. The molecule has 12 heteroatoms. The number of nitrogens with one attached hydrogen (secondary N) is 1. The number of anilines is 2. The van der Waals surface area contributed by atoms with E-state index in [-0.39, 0.29) is 43.7 Å². The molecule has 0 radical (unpaired) electrons. The topological polar surface area (TPSA) is 95.8 Å². The zero-order valence-electron chi connectivity index (χ0n) is 16.5. The Morgan fingerprint density at radius 3 is 2.47 bits per heavy atom. The summed E-state index contributed by atoms with van der Waals surface area (Å²) in [5.74, 6) is -0.0729. The van der Waals surface area contributed by atoms with Gasteiger partial charge in [-0.25, -0.2) is 0 Å². The van der Waals surface area contributed by atoms with Crippen molar-refractivity contribution in [2.45, 2.75) is 11.1 Å². The van der Waals surface area contributed by atoms with Crippen molar-refractivity contribution in [3.8, 4) is 0 Å². The van der Waals surface area contributed by atoms with E-state index in [1.807, 2.05) is 0 Å². The quantitative estimate of drug-likeness (QED) is 0.549. The molecule has 32 heavy (non-hydrogen) atoms. The Labute approximate surface area is 184 Å². The van der Waals surface area contributed by atoms with Crippen LogP contribution in [0.15, 0.2) is 41.3 Å². The molecule has 1 saturated heterocycles. The van der Waals surface area contributed by atoms with Crippen LogP contribution in [0, 0.1) is 10.1 Å². The Morgan fingerprint density at radius 1 is 1.09 bits per heavy atom. The van der Waals surface area contributed by atoms with Crippen LogP contribution >= 0.6 is 11.8 Å². The predicted molar refractivity (Wildman–Crippen MR) is 112 cm³/mol. The van der Waals surface area contributed by atoms with Crippen LogP contribution in [0.2, 0.25) is 0 Å². The number of benzene rings is 2. The first-order valence-corrected chi connectivity index (χ1v) is 10.6. The van der Waals surface area contributed by atoms with Gasteiger partial charge in [0, 0.05) is 42.7 Å². The first kappa shape index (κ1) is 21.9. The second kappa shape index (κ2) is 8.34. The molecule has 0 spiro atoms. The second-order valence-corrected chi connectivity index (χ2v) is 8.30. The Morgan fingerprint density at radius 2 is 1.81 bits per heavy atom. The van der Waals surface area contributed by atoms with Gasteiger partial charge in [0.25, 0.3) is 11.6 Å². The van der Waals surface area contributed by atoms with Crippen molar-refractivity contribution in [1.29, 1.82) is 0 Å². The van der Waals surface area contributed by atoms with Crippen molar-refractivity contribution in [2.24, 2.45) is 0 Å². The highest BCUT2D eigenvalue weighted by molar-refractivity contribution is 8.00. The number of fused-ring (bicyclic) bond motifs is 1. The number of alkyl halides is 3. The molecule has 0 atom stereocenters. The molecule has 2 aliphatic heterocycles. The number of thioether (sulfide) groups is 1. The second-order valence-electron chi connectivity index (χ2n) is 7.29. The zero-order chi connectivity index (χ0) is 23.0. The first-order chi connectivity index (χ1) is 15.1. The molecule has 2 aromatic carbocycles. The van der Waals surface area contributed by atoms with Crippen molar-refractivity contribution < 1.29 is 27.7 Å². The third-order valence-corrected chi connectivity index (χ3v) is 6.34. The highest BCUT2D eigenvalue weighted by atomic mass is 32.2. The Balaban J connectivity index is 1.48. The molecule has 2 heterocycles. The number of nitrogens with zero attached hydrogens (tertiary/aromatic N) is 3. The SMILES string of the molecule is O=C1CSc2ccc(C(=O)N3CCN(c4ccc(C(F)(F)F)cc4[N+](=O)[O-])CC3)cc2N1. The van der Waals surface area contributed by atoms with E-state index in [4.69, 9.17) is 0 Å². The molecule has 0 aromatic heterocycles. The molecule has 168 valence electrons. The van der Waals surface area contributed by atoms with E-state index in [9.17, 15) is 32.9 Å². The molecule has 2 aliphatic rings. The summed E-state index contributed by atoms with van der Waals surface area (Å²) >= 11 is 1.39. The fraction of sp³-hybridized carbons (Fsp3) is 0.300. The largest absolute Gasteiger partial charge is 0.416 e. The van der Waals surface area contributed by atoms with Gasteiger partial charge in [-0.3, -0.25) is 19.7 Å². The van der Waals surface area contributed by atoms with E-state index < -0.39 is 22.4 Å². The lowest BCUT2D eigenvalue weighted by Crippen LogP contribution is -2.49. The maximum atomic E-state index is 12.9. The molecule has 2 aromatic rings. The predicted octanol–water partition coefficient (Wildman–Crippen LogP) is 3.62. The number of hydrogen-bond acceptors (Lipinski definition) is 6. The standard InChI is InChI=1S/C20H17F3N4O4S/c21-20(22,23)13-2-3-15(16(10-13)27(30)31)25-5-7-26(8-6-25)19(29)12-1-4-17-14(9-12)24-18(28)11-32-17/h1-4,9-10H,5-8,11H2,(H,24,28). The number of piperazine rings is 1. The molecule has 1 N–H and O–H groups in total. The van der Waals surface area contributed by atoms with E-state index in [2.05, 4.69) is 5.32 Å². The molecule has 0 aliphatic carbocycles. The van der Waals surface area contributed by atoms with Gasteiger partial charge in [0.05, 0.1) is 21.9 Å². The van der Waals surface area contributed by atoms with E-state index in [0.717, 1.165) is 17.0 Å². The number of carbonyl (C=O) groups excluding carboxylic acids is 2. The fourth-order valence-corrected chi connectivity index (χ4v) is 4.45. The summed E-state index contributed by atoms with van der Waals surface area (Å²) < 4.78 is 38.8. The summed E-state index contributed by atoms with van der Waals surface area (Å²) in [6.45, 7) is 0.954. The van der Waals surface area contributed by atoms with E-state index in [0.29, 0.717) is 23.1 Å². The third-order valence-electron chi connectivity index (χ3n) is 5.27. The number of halogens is 3. The Bertz CT molecular complexity index is 1100. The average Bonchev–Trinajstić information content (AvgIpc) is 2.77. The van der Waals surface area contributed by atoms with E-state index in [1.165, 1.54) is 11.8 Å². The summed E-state index contributed by atoms with van der Waals surface area (Å²) in [6, 6.07) is 7.52. The molecule has 0 bridgehead atoms. The lowest BCUT2D eigenvalue weighted by Gasteiger charge is -2.36. The van der Waals surface area contributed by atoms with Crippen LogP contribution in [0.3, 0.4) is 0 Å². The maximum Gasteiger partial charge on any atom is 0.416 e. The summed E-state index contributed by atoms with van der Waals surface area (Å²) in [6.07, 6.45) is -4.68. The van der Waals surface area contributed by atoms with Crippen LogP contribution in [0.5, 0.6) is 0 Å². The highest BCUT2D eigenvalue weighted by Gasteiger charge is 2.34. The van der Waals surface area contributed by atoms with Crippen LogP contribution in [-0.4, -0.2) is 53.6 Å². The zero-order valence-corrected chi connectivity index (χ0v) is 17.3. The number of hydrogen-bond donors (Lipinski definition) is 1. The van der Waals surface area contributed by atoms with Crippen molar-refractivity contribution in [3.05, 3.63) is 57.6 Å². The number of amides is 2. The number of nitro benzene ring substituents is 1. The summed E-state index contributed by atoms with van der Waals surface area (Å²) in [5, 5.41) is 14.1. The lowest BCUT2D eigenvalue weighted by atomic mass is 10.1. The van der Waals surface area contributed by atoms with E-state index in [1.54, 1.807) is 28.0 Å².